The molecule has 2 N–H and O–H groups in total. The van der Waals surface area contributed by atoms with Crippen LogP contribution in [-0.2, 0) is 4.79 Å². The fourth-order valence-electron chi connectivity index (χ4n) is 2.90. The molecule has 0 unspecified atom stereocenters. The van der Waals surface area contributed by atoms with E-state index in [2.05, 4.69) is 63.8 Å². The second kappa shape index (κ2) is 7.81. The van der Waals surface area contributed by atoms with Crippen molar-refractivity contribution in [2.45, 2.75) is 19.9 Å². The number of carbonyl (C=O) groups is 1. The lowest BCUT2D eigenvalue weighted by Crippen LogP contribution is -2.30. The monoisotopic (exact) mass is 396 g/mol. The minimum atomic E-state index is -0.0587. The first-order chi connectivity index (χ1) is 12.0. The molecule has 0 bridgehead atoms. The molecule has 25 heavy (non-hydrogen) atoms. The first-order valence-corrected chi connectivity index (χ1v) is 9.11. The number of carbonyl (C=O) groups excluding carboxylic acids is 1. The third-order valence-corrected chi connectivity index (χ3v) is 4.91. The van der Waals surface area contributed by atoms with Gasteiger partial charge in [0.2, 0.25) is 5.91 Å². The number of hydrogen-bond acceptors (Lipinski definition) is 2. The Kier molecular flexibility index (Phi) is 5.51. The minimum Gasteiger partial charge on any atom is -0.324 e. The molecule has 3 nitrogen and oxygen atoms in total. The summed E-state index contributed by atoms with van der Waals surface area (Å²) in [6.45, 7) is 4.35. The van der Waals surface area contributed by atoms with Gasteiger partial charge in [0.05, 0.1) is 12.2 Å². The molecule has 3 aromatic rings. The average molecular weight is 397 g/mol. The van der Waals surface area contributed by atoms with Gasteiger partial charge in [-0.3, -0.25) is 4.79 Å². The van der Waals surface area contributed by atoms with E-state index in [0.717, 1.165) is 15.7 Å². The summed E-state index contributed by atoms with van der Waals surface area (Å²) in [5, 5.41) is 8.67. The highest BCUT2D eigenvalue weighted by atomic mass is 79.9. The van der Waals surface area contributed by atoms with Gasteiger partial charge in [0.1, 0.15) is 0 Å². The Labute approximate surface area is 156 Å². The average Bonchev–Trinajstić information content (AvgIpc) is 2.61. The summed E-state index contributed by atoms with van der Waals surface area (Å²) < 4.78 is 0.892. The van der Waals surface area contributed by atoms with Crippen molar-refractivity contribution in [3.8, 4) is 0 Å². The van der Waals surface area contributed by atoms with E-state index >= 15 is 0 Å². The van der Waals surface area contributed by atoms with Crippen LogP contribution in [0.3, 0.4) is 0 Å². The number of fused-ring (bicyclic) bond motifs is 1. The maximum atomic E-state index is 12.3. The van der Waals surface area contributed by atoms with Gasteiger partial charge in [-0.05, 0) is 63.8 Å². The van der Waals surface area contributed by atoms with E-state index in [1.54, 1.807) is 0 Å². The van der Waals surface area contributed by atoms with Crippen molar-refractivity contribution < 1.29 is 4.79 Å². The molecule has 0 saturated carbocycles. The van der Waals surface area contributed by atoms with Crippen LogP contribution in [0.5, 0.6) is 0 Å². The normalized spacial score (nSPS) is 12.1. The molecule has 0 heterocycles. The molecule has 3 aromatic carbocycles. The summed E-state index contributed by atoms with van der Waals surface area (Å²) >= 11 is 3.48. The van der Waals surface area contributed by atoms with E-state index in [0.29, 0.717) is 0 Å². The summed E-state index contributed by atoms with van der Waals surface area (Å²) in [4.78, 5) is 12.3. The maximum Gasteiger partial charge on any atom is 0.238 e. The lowest BCUT2D eigenvalue weighted by molar-refractivity contribution is -0.115. The predicted molar refractivity (Wildman–Crippen MR) is 108 cm³/mol. The van der Waals surface area contributed by atoms with Gasteiger partial charge < -0.3 is 10.6 Å². The molecule has 1 atom stereocenters. The highest BCUT2D eigenvalue weighted by Gasteiger charge is 2.11. The number of halogens is 1. The molecule has 3 rings (SSSR count). The number of hydrogen-bond donors (Lipinski definition) is 2. The van der Waals surface area contributed by atoms with Crippen LogP contribution in [0.4, 0.5) is 5.69 Å². The Morgan fingerprint density at radius 3 is 2.64 bits per heavy atom. The summed E-state index contributed by atoms with van der Waals surface area (Å²) in [6, 6.07) is 20.5. The maximum absolute atomic E-state index is 12.3. The molecule has 0 aliphatic rings. The standard InChI is InChI=1S/C21H21BrN2O/c1-14-10-11-20(19(22)12-14)24-21(25)13-23-15(2)17-9-5-7-16-6-3-4-8-18(16)17/h3-12,15,23H,13H2,1-2H3,(H,24,25)/t15-/m0/s1. The number of rotatable bonds is 5. The van der Waals surface area contributed by atoms with Gasteiger partial charge >= 0.3 is 0 Å². The van der Waals surface area contributed by atoms with Crippen LogP contribution in [-0.4, -0.2) is 12.5 Å². The largest absolute Gasteiger partial charge is 0.324 e. The molecule has 0 radical (unpaired) electrons. The van der Waals surface area contributed by atoms with Crippen LogP contribution in [0.15, 0.2) is 65.1 Å². The fraction of sp³-hybridized carbons (Fsp3) is 0.190. The van der Waals surface area contributed by atoms with Gasteiger partial charge in [0, 0.05) is 10.5 Å². The van der Waals surface area contributed by atoms with E-state index < -0.39 is 0 Å². The number of aryl methyl sites for hydroxylation is 1. The van der Waals surface area contributed by atoms with E-state index in [-0.39, 0.29) is 18.5 Å². The zero-order valence-corrected chi connectivity index (χ0v) is 15.9. The first kappa shape index (κ1) is 17.6. The number of anilines is 1. The van der Waals surface area contributed by atoms with Crippen molar-refractivity contribution in [2.75, 3.05) is 11.9 Å². The van der Waals surface area contributed by atoms with Crippen molar-refractivity contribution >= 4 is 38.3 Å². The molecular weight excluding hydrogens is 376 g/mol. The van der Waals surface area contributed by atoms with Crippen molar-refractivity contribution in [3.63, 3.8) is 0 Å². The molecule has 0 fully saturated rings. The summed E-state index contributed by atoms with van der Waals surface area (Å²) in [7, 11) is 0. The van der Waals surface area contributed by atoms with Gasteiger partial charge in [-0.25, -0.2) is 0 Å². The first-order valence-electron chi connectivity index (χ1n) is 8.31. The van der Waals surface area contributed by atoms with Crippen molar-refractivity contribution in [2.24, 2.45) is 0 Å². The molecular formula is C21H21BrN2O. The third-order valence-electron chi connectivity index (χ3n) is 4.26. The van der Waals surface area contributed by atoms with Gasteiger partial charge in [0.15, 0.2) is 0 Å². The van der Waals surface area contributed by atoms with Crippen molar-refractivity contribution in [3.05, 3.63) is 76.3 Å². The second-order valence-corrected chi connectivity index (χ2v) is 7.06. The molecule has 0 aliphatic heterocycles. The number of amides is 1. The van der Waals surface area contributed by atoms with E-state index in [4.69, 9.17) is 0 Å². The smallest absolute Gasteiger partial charge is 0.238 e. The van der Waals surface area contributed by atoms with Crippen LogP contribution < -0.4 is 10.6 Å². The quantitative estimate of drug-likeness (QED) is 0.621. The molecule has 0 aromatic heterocycles. The van der Waals surface area contributed by atoms with Gasteiger partial charge in [-0.15, -0.1) is 0 Å². The summed E-state index contributed by atoms with van der Waals surface area (Å²) in [5.41, 5.74) is 3.13. The Morgan fingerprint density at radius 2 is 1.84 bits per heavy atom. The summed E-state index contributed by atoms with van der Waals surface area (Å²) in [6.07, 6.45) is 0. The number of benzene rings is 3. The van der Waals surface area contributed by atoms with Crippen LogP contribution in [0.2, 0.25) is 0 Å². The Hall–Kier alpha value is -2.17. The second-order valence-electron chi connectivity index (χ2n) is 6.20. The molecule has 0 spiro atoms. The third kappa shape index (κ3) is 4.27. The minimum absolute atomic E-state index is 0.0587. The van der Waals surface area contributed by atoms with Gasteiger partial charge in [-0.1, -0.05) is 48.5 Å². The van der Waals surface area contributed by atoms with Crippen molar-refractivity contribution in [1.29, 1.82) is 0 Å². The summed E-state index contributed by atoms with van der Waals surface area (Å²) in [5.74, 6) is -0.0587. The lowest BCUT2D eigenvalue weighted by Gasteiger charge is -2.17. The van der Waals surface area contributed by atoms with Crippen LogP contribution >= 0.6 is 15.9 Å². The van der Waals surface area contributed by atoms with Gasteiger partial charge in [-0.2, -0.15) is 0 Å². The molecule has 0 aliphatic carbocycles. The van der Waals surface area contributed by atoms with Crippen molar-refractivity contribution in [1.82, 2.24) is 5.32 Å². The van der Waals surface area contributed by atoms with E-state index in [1.165, 1.54) is 16.3 Å². The van der Waals surface area contributed by atoms with Crippen LogP contribution in [0.1, 0.15) is 24.1 Å². The lowest BCUT2D eigenvalue weighted by atomic mass is 10.00. The Balaban J connectivity index is 1.65. The van der Waals surface area contributed by atoms with Crippen LogP contribution in [0, 0.1) is 6.92 Å². The van der Waals surface area contributed by atoms with Gasteiger partial charge in [0.25, 0.3) is 0 Å². The van der Waals surface area contributed by atoms with E-state index in [9.17, 15) is 4.79 Å². The molecule has 128 valence electrons. The van der Waals surface area contributed by atoms with Crippen LogP contribution in [0.25, 0.3) is 10.8 Å². The highest BCUT2D eigenvalue weighted by molar-refractivity contribution is 9.10. The zero-order chi connectivity index (χ0) is 17.8. The Morgan fingerprint density at radius 1 is 1.08 bits per heavy atom. The topological polar surface area (TPSA) is 41.1 Å². The molecule has 1 amide bonds. The number of nitrogens with one attached hydrogen (secondary N) is 2. The van der Waals surface area contributed by atoms with E-state index in [1.807, 2.05) is 37.3 Å². The molecule has 0 saturated heterocycles. The SMILES string of the molecule is Cc1ccc(NC(=O)CN[C@@H](C)c2cccc3ccccc23)c(Br)c1. The molecule has 4 heteroatoms. The predicted octanol–water partition coefficient (Wildman–Crippen LogP) is 5.20. The fourth-order valence-corrected chi connectivity index (χ4v) is 3.49. The highest BCUT2D eigenvalue weighted by Crippen LogP contribution is 2.25. The zero-order valence-electron chi connectivity index (χ0n) is 14.3. The Bertz CT molecular complexity index is 902.